The summed E-state index contributed by atoms with van der Waals surface area (Å²) < 4.78 is 0. The van der Waals surface area contributed by atoms with Gasteiger partial charge in [-0.15, -0.1) is 0 Å². The average molecular weight is 962 g/mol. The molecule has 10 aromatic rings. The minimum atomic E-state index is -0.586. The van der Waals surface area contributed by atoms with Gasteiger partial charge in [0, 0.05) is 16.9 Å². The van der Waals surface area contributed by atoms with E-state index >= 15 is 0 Å². The van der Waals surface area contributed by atoms with Crippen LogP contribution in [-0.2, 0) is 27.1 Å². The van der Waals surface area contributed by atoms with Crippen LogP contribution >= 0.6 is 0 Å². The van der Waals surface area contributed by atoms with Crippen LogP contribution in [0.1, 0.15) is 128 Å². The second-order valence-electron chi connectivity index (χ2n) is 25.2. The molecular formula is C73H71N. The largest absolute Gasteiger partial charge is 0.355 e. The Kier molecular flexibility index (Phi) is 11.8. The molecule has 11 rings (SSSR count). The van der Waals surface area contributed by atoms with E-state index in [1.165, 1.54) is 111 Å². The molecular weight excluding hydrogens is 891 g/mol. The van der Waals surface area contributed by atoms with Crippen LogP contribution in [0.4, 0.5) is 11.4 Å². The van der Waals surface area contributed by atoms with Gasteiger partial charge in [0.15, 0.2) is 0 Å². The molecule has 1 aliphatic rings. The molecule has 1 heteroatoms. The molecule has 0 atom stereocenters. The molecule has 0 bridgehead atoms. The third-order valence-electron chi connectivity index (χ3n) is 15.9. The van der Waals surface area contributed by atoms with Crippen LogP contribution in [0, 0.1) is 0 Å². The van der Waals surface area contributed by atoms with Gasteiger partial charge in [0.1, 0.15) is 0 Å². The number of fused-ring (bicyclic) bond motifs is 5. The summed E-state index contributed by atoms with van der Waals surface area (Å²) in [6.45, 7) is 28.3. The first-order valence-corrected chi connectivity index (χ1v) is 26.7. The van der Waals surface area contributed by atoms with Gasteiger partial charge in [-0.2, -0.15) is 0 Å². The lowest BCUT2D eigenvalue weighted by molar-refractivity contribution is 0.560. The van der Waals surface area contributed by atoms with Gasteiger partial charge in [-0.1, -0.05) is 253 Å². The zero-order valence-corrected chi connectivity index (χ0v) is 45.6. The standard InChI is InChI=1S/C73H71N/c1-69(2,3)57-41-58(70(4,5)6)44-61(43-57)73(62-45-59(71(7,8)9)42-60(46-62)72(10,11)12)65-21-16-15-20-64(65)68-66(73)22-17-23-67(68)74-63-36-34-49(35-37-63)48-24-26-50(27-25-48)52-30-31-55-40-56(33-32-54(55)39-52)53-29-28-47-18-13-14-19-51(47)38-53/h13-46,74H,1-12H3. The molecule has 0 heterocycles. The third kappa shape index (κ3) is 8.85. The highest BCUT2D eigenvalue weighted by Gasteiger charge is 2.48. The Bertz CT molecular complexity index is 3620. The van der Waals surface area contributed by atoms with Crippen molar-refractivity contribution >= 4 is 32.9 Å². The van der Waals surface area contributed by atoms with Crippen LogP contribution in [0.5, 0.6) is 0 Å². The van der Waals surface area contributed by atoms with E-state index in [0.29, 0.717) is 0 Å². The quantitative estimate of drug-likeness (QED) is 0.168. The van der Waals surface area contributed by atoms with Crippen molar-refractivity contribution < 1.29 is 0 Å². The molecule has 0 aromatic heterocycles. The fourth-order valence-corrected chi connectivity index (χ4v) is 11.4. The number of anilines is 2. The molecule has 0 aliphatic heterocycles. The molecule has 368 valence electrons. The van der Waals surface area contributed by atoms with E-state index in [9.17, 15) is 0 Å². The molecule has 0 saturated carbocycles. The van der Waals surface area contributed by atoms with Crippen LogP contribution < -0.4 is 5.32 Å². The minimum Gasteiger partial charge on any atom is -0.355 e. The Morgan fingerprint density at radius 3 is 1.15 bits per heavy atom. The van der Waals surface area contributed by atoms with Crippen molar-refractivity contribution in [1.29, 1.82) is 0 Å². The van der Waals surface area contributed by atoms with E-state index in [1.807, 2.05) is 0 Å². The molecule has 0 fully saturated rings. The highest BCUT2D eigenvalue weighted by molar-refractivity contribution is 5.96. The zero-order chi connectivity index (χ0) is 52.0. The Labute approximate surface area is 441 Å². The number of benzene rings is 10. The summed E-state index contributed by atoms with van der Waals surface area (Å²) in [5, 5.41) is 8.99. The van der Waals surface area contributed by atoms with Crippen LogP contribution in [-0.4, -0.2) is 0 Å². The molecule has 0 saturated heterocycles. The molecule has 0 radical (unpaired) electrons. The first-order valence-electron chi connectivity index (χ1n) is 26.7. The normalized spacial score (nSPS) is 13.5. The van der Waals surface area contributed by atoms with Gasteiger partial charge in [0.05, 0.1) is 5.41 Å². The summed E-state index contributed by atoms with van der Waals surface area (Å²) >= 11 is 0. The average Bonchev–Trinajstić information content (AvgIpc) is 3.73. The number of hydrogen-bond donors (Lipinski definition) is 1. The summed E-state index contributed by atoms with van der Waals surface area (Å²) in [5.41, 5.74) is 21.9. The van der Waals surface area contributed by atoms with Crippen molar-refractivity contribution in [2.24, 2.45) is 0 Å². The maximum Gasteiger partial charge on any atom is 0.0714 e. The second kappa shape index (κ2) is 17.9. The van der Waals surface area contributed by atoms with Crippen LogP contribution in [0.15, 0.2) is 206 Å². The van der Waals surface area contributed by atoms with Crippen molar-refractivity contribution in [3.05, 3.63) is 251 Å². The van der Waals surface area contributed by atoms with Crippen LogP contribution in [0.3, 0.4) is 0 Å². The van der Waals surface area contributed by atoms with Crippen molar-refractivity contribution in [3.8, 4) is 44.5 Å². The summed E-state index contributed by atoms with van der Waals surface area (Å²) in [7, 11) is 0. The number of nitrogens with one attached hydrogen (secondary N) is 1. The predicted octanol–water partition coefficient (Wildman–Crippen LogP) is 20.3. The Hall–Kier alpha value is -7.48. The van der Waals surface area contributed by atoms with Gasteiger partial charge >= 0.3 is 0 Å². The van der Waals surface area contributed by atoms with Gasteiger partial charge in [-0.05, 0) is 163 Å². The van der Waals surface area contributed by atoms with E-state index in [2.05, 4.69) is 295 Å². The smallest absolute Gasteiger partial charge is 0.0714 e. The molecule has 1 aliphatic carbocycles. The molecule has 1 N–H and O–H groups in total. The van der Waals surface area contributed by atoms with Gasteiger partial charge < -0.3 is 5.32 Å². The lowest BCUT2D eigenvalue weighted by atomic mass is 9.64. The van der Waals surface area contributed by atoms with Gasteiger partial charge in [0.2, 0.25) is 0 Å². The molecule has 0 unspecified atom stereocenters. The third-order valence-corrected chi connectivity index (χ3v) is 15.9. The van der Waals surface area contributed by atoms with E-state index in [1.54, 1.807) is 0 Å². The first-order chi connectivity index (χ1) is 35.1. The molecule has 1 nitrogen and oxygen atoms in total. The Balaban J connectivity index is 0.952. The Morgan fingerprint density at radius 2 is 0.662 bits per heavy atom. The van der Waals surface area contributed by atoms with Crippen molar-refractivity contribution in [3.63, 3.8) is 0 Å². The summed E-state index contributed by atoms with van der Waals surface area (Å²) in [6, 6.07) is 78.2. The van der Waals surface area contributed by atoms with E-state index in [4.69, 9.17) is 0 Å². The van der Waals surface area contributed by atoms with Crippen LogP contribution in [0.2, 0.25) is 0 Å². The summed E-state index contributed by atoms with van der Waals surface area (Å²) in [6.07, 6.45) is 0. The minimum absolute atomic E-state index is 0.0535. The first kappa shape index (κ1) is 48.8. The van der Waals surface area contributed by atoms with Crippen LogP contribution in [0.25, 0.3) is 66.1 Å². The lowest BCUT2D eigenvalue weighted by Gasteiger charge is -2.38. The van der Waals surface area contributed by atoms with E-state index < -0.39 is 5.41 Å². The number of hydrogen-bond acceptors (Lipinski definition) is 1. The highest BCUT2D eigenvalue weighted by atomic mass is 14.9. The number of rotatable bonds is 7. The van der Waals surface area contributed by atoms with Gasteiger partial charge in [-0.3, -0.25) is 0 Å². The fraction of sp³-hybridized carbons (Fsp3) is 0.233. The fourth-order valence-electron chi connectivity index (χ4n) is 11.4. The van der Waals surface area contributed by atoms with Crippen molar-refractivity contribution in [1.82, 2.24) is 0 Å². The SMILES string of the molecule is CC(C)(C)c1cc(C(C)(C)C)cc(C2(c3cc(C(C)(C)C)cc(C(C)(C)C)c3)c3ccccc3-c3c(Nc4ccc(-c5ccc(-c6ccc7cc(-c8ccc9ccccc9c8)ccc7c6)cc5)cc4)cccc32)c1. The monoisotopic (exact) mass is 962 g/mol. The topological polar surface area (TPSA) is 12.0 Å². The Morgan fingerprint density at radius 1 is 0.297 bits per heavy atom. The summed E-state index contributed by atoms with van der Waals surface area (Å²) in [5.74, 6) is 0. The second-order valence-corrected chi connectivity index (χ2v) is 25.2. The zero-order valence-electron chi connectivity index (χ0n) is 45.6. The molecule has 0 spiro atoms. The van der Waals surface area contributed by atoms with Gasteiger partial charge in [0.25, 0.3) is 0 Å². The maximum atomic E-state index is 3.97. The molecule has 0 amide bonds. The lowest BCUT2D eigenvalue weighted by Crippen LogP contribution is -2.32. The highest BCUT2D eigenvalue weighted by Crippen LogP contribution is 2.59. The summed E-state index contributed by atoms with van der Waals surface area (Å²) in [4.78, 5) is 0. The van der Waals surface area contributed by atoms with Crippen molar-refractivity contribution in [2.75, 3.05) is 5.32 Å². The van der Waals surface area contributed by atoms with E-state index in [0.717, 1.165) is 11.4 Å². The van der Waals surface area contributed by atoms with Crippen molar-refractivity contribution in [2.45, 2.75) is 110 Å². The van der Waals surface area contributed by atoms with E-state index in [-0.39, 0.29) is 21.7 Å². The molecule has 74 heavy (non-hydrogen) atoms. The molecule has 10 aromatic carbocycles. The maximum absolute atomic E-state index is 3.97. The predicted molar refractivity (Wildman–Crippen MR) is 320 cm³/mol. The van der Waals surface area contributed by atoms with Gasteiger partial charge in [-0.25, -0.2) is 0 Å².